The summed E-state index contributed by atoms with van der Waals surface area (Å²) in [4.78, 5) is 41.0. The fourth-order valence-corrected chi connectivity index (χ4v) is 3.63. The van der Waals surface area contributed by atoms with Crippen LogP contribution in [0.4, 0.5) is 5.69 Å². The number of para-hydroxylation sites is 1. The molecular formula is C23H20N2O4. The van der Waals surface area contributed by atoms with Gasteiger partial charge in [0.05, 0.1) is 11.1 Å². The number of nitrogens with one attached hydrogen (secondary N) is 1. The smallest absolute Gasteiger partial charge is 0.339 e. The number of aromatic nitrogens is 1. The zero-order chi connectivity index (χ0) is 20.4. The van der Waals surface area contributed by atoms with E-state index in [1.807, 2.05) is 24.3 Å². The highest BCUT2D eigenvalue weighted by Gasteiger charge is 2.25. The lowest BCUT2D eigenvalue weighted by atomic mass is 10.0. The molecule has 4 rings (SSSR count). The number of carbonyl (C=O) groups excluding carboxylic acids is 3. The predicted molar refractivity (Wildman–Crippen MR) is 109 cm³/mol. The molecule has 0 saturated heterocycles. The van der Waals surface area contributed by atoms with E-state index in [0.29, 0.717) is 16.8 Å². The SMILES string of the molecule is CC(=O)c1ccc(NC(=O)COC(=O)c2c3c(nc4ccccc24)CCC3)cc1. The number of hydrogen-bond acceptors (Lipinski definition) is 5. The maximum Gasteiger partial charge on any atom is 0.339 e. The number of anilines is 1. The van der Waals surface area contributed by atoms with Crippen LogP contribution < -0.4 is 5.32 Å². The molecule has 1 aliphatic carbocycles. The first-order valence-electron chi connectivity index (χ1n) is 9.51. The van der Waals surface area contributed by atoms with Gasteiger partial charge in [-0.1, -0.05) is 18.2 Å². The molecule has 2 aromatic carbocycles. The number of amides is 1. The van der Waals surface area contributed by atoms with Crippen molar-refractivity contribution in [1.82, 2.24) is 4.98 Å². The van der Waals surface area contributed by atoms with Crippen LogP contribution >= 0.6 is 0 Å². The van der Waals surface area contributed by atoms with E-state index in [-0.39, 0.29) is 5.78 Å². The molecule has 6 nitrogen and oxygen atoms in total. The first-order valence-corrected chi connectivity index (χ1v) is 9.51. The first-order chi connectivity index (χ1) is 14.0. The molecule has 6 heteroatoms. The van der Waals surface area contributed by atoms with Crippen molar-refractivity contribution in [2.45, 2.75) is 26.2 Å². The molecule has 0 fully saturated rings. The molecule has 0 bridgehead atoms. The summed E-state index contributed by atoms with van der Waals surface area (Å²) in [5, 5.41) is 3.41. The number of hydrogen-bond donors (Lipinski definition) is 1. The third-order valence-corrected chi connectivity index (χ3v) is 5.03. The van der Waals surface area contributed by atoms with Crippen molar-refractivity contribution >= 4 is 34.3 Å². The van der Waals surface area contributed by atoms with Gasteiger partial charge in [0.15, 0.2) is 12.4 Å². The Morgan fingerprint density at radius 2 is 1.79 bits per heavy atom. The van der Waals surface area contributed by atoms with Gasteiger partial charge in [0.25, 0.3) is 5.91 Å². The molecule has 3 aromatic rings. The van der Waals surface area contributed by atoms with Gasteiger partial charge in [-0.05, 0) is 62.1 Å². The van der Waals surface area contributed by atoms with Crippen LogP contribution in [0.1, 0.15) is 45.3 Å². The van der Waals surface area contributed by atoms with E-state index in [4.69, 9.17) is 4.74 Å². The molecule has 0 spiro atoms. The minimum atomic E-state index is -0.510. The van der Waals surface area contributed by atoms with Gasteiger partial charge in [0, 0.05) is 22.3 Å². The highest BCUT2D eigenvalue weighted by atomic mass is 16.5. The van der Waals surface area contributed by atoms with Crippen molar-refractivity contribution in [3.8, 4) is 0 Å². The van der Waals surface area contributed by atoms with Crippen LogP contribution in [0.2, 0.25) is 0 Å². The fourth-order valence-electron chi connectivity index (χ4n) is 3.63. The number of ether oxygens (including phenoxy) is 1. The Hall–Kier alpha value is -3.54. The minimum Gasteiger partial charge on any atom is -0.452 e. The summed E-state index contributed by atoms with van der Waals surface area (Å²) in [5.41, 5.74) is 4.23. The van der Waals surface area contributed by atoms with Gasteiger partial charge in [-0.2, -0.15) is 0 Å². The number of pyridine rings is 1. The van der Waals surface area contributed by atoms with Crippen molar-refractivity contribution in [3.63, 3.8) is 0 Å². The molecule has 0 unspecified atom stereocenters. The molecular weight excluding hydrogens is 368 g/mol. The van der Waals surface area contributed by atoms with Crippen molar-refractivity contribution < 1.29 is 19.1 Å². The molecule has 0 aliphatic heterocycles. The highest BCUT2D eigenvalue weighted by molar-refractivity contribution is 6.06. The molecule has 146 valence electrons. The van der Waals surface area contributed by atoms with E-state index in [2.05, 4.69) is 10.3 Å². The number of rotatable bonds is 5. The molecule has 1 aliphatic rings. The quantitative estimate of drug-likeness (QED) is 0.532. The van der Waals surface area contributed by atoms with Gasteiger partial charge >= 0.3 is 5.97 Å². The number of esters is 1. The summed E-state index contributed by atoms with van der Waals surface area (Å²) in [5.74, 6) is -0.998. The second kappa shape index (κ2) is 7.83. The predicted octanol–water partition coefficient (Wildman–Crippen LogP) is 3.72. The van der Waals surface area contributed by atoms with E-state index in [1.165, 1.54) is 6.92 Å². The molecule has 0 radical (unpaired) electrons. The standard InChI is InChI=1S/C23H20N2O4/c1-14(26)15-9-11-16(12-10-15)24-21(27)13-29-23(28)22-17-5-2-3-7-19(17)25-20-8-4-6-18(20)22/h2-3,5,7,9-12H,4,6,8,13H2,1H3,(H,24,27). The zero-order valence-corrected chi connectivity index (χ0v) is 16.0. The van der Waals surface area contributed by atoms with Gasteiger partial charge in [-0.15, -0.1) is 0 Å². The van der Waals surface area contributed by atoms with Crippen LogP contribution in [0.25, 0.3) is 10.9 Å². The first kappa shape index (κ1) is 18.8. The summed E-state index contributed by atoms with van der Waals surface area (Å²) in [6, 6.07) is 14.0. The molecule has 1 amide bonds. The Balaban J connectivity index is 1.47. The average Bonchev–Trinajstić information content (AvgIpc) is 3.18. The van der Waals surface area contributed by atoms with Gasteiger partial charge in [0.2, 0.25) is 0 Å². The summed E-state index contributed by atoms with van der Waals surface area (Å²) in [7, 11) is 0. The summed E-state index contributed by atoms with van der Waals surface area (Å²) >= 11 is 0. The van der Waals surface area contributed by atoms with Gasteiger partial charge < -0.3 is 10.1 Å². The molecule has 1 aromatic heterocycles. The monoisotopic (exact) mass is 388 g/mol. The Kier molecular flexibility index (Phi) is 5.08. The molecule has 29 heavy (non-hydrogen) atoms. The average molecular weight is 388 g/mol. The summed E-state index contributed by atoms with van der Waals surface area (Å²) < 4.78 is 5.32. The number of aryl methyl sites for hydroxylation is 1. The lowest BCUT2D eigenvalue weighted by Crippen LogP contribution is -2.21. The Bertz CT molecular complexity index is 1120. The third-order valence-electron chi connectivity index (χ3n) is 5.03. The number of benzene rings is 2. The second-order valence-corrected chi connectivity index (χ2v) is 7.04. The minimum absolute atomic E-state index is 0.0473. The van der Waals surface area contributed by atoms with Crippen LogP contribution in [0, 0.1) is 0 Å². The van der Waals surface area contributed by atoms with Crippen LogP contribution in [0.5, 0.6) is 0 Å². The number of fused-ring (bicyclic) bond motifs is 2. The van der Waals surface area contributed by atoms with Crippen LogP contribution in [-0.4, -0.2) is 29.3 Å². The maximum absolute atomic E-state index is 12.8. The number of nitrogens with zero attached hydrogens (tertiary/aromatic N) is 1. The molecule has 1 heterocycles. The molecule has 0 atom stereocenters. The van der Waals surface area contributed by atoms with Gasteiger partial charge in [0.1, 0.15) is 0 Å². The fraction of sp³-hybridized carbons (Fsp3) is 0.217. The zero-order valence-electron chi connectivity index (χ0n) is 16.0. The normalized spacial score (nSPS) is 12.4. The number of ketones is 1. The Morgan fingerprint density at radius 3 is 2.55 bits per heavy atom. The number of carbonyl (C=O) groups is 3. The third kappa shape index (κ3) is 3.87. The van der Waals surface area contributed by atoms with Crippen LogP contribution in [-0.2, 0) is 22.4 Å². The molecule has 0 saturated carbocycles. The number of Topliss-reactive ketones (excluding diaryl/α,β-unsaturated/α-hetero) is 1. The summed E-state index contributed by atoms with van der Waals surface area (Å²) in [6.45, 7) is 1.09. The van der Waals surface area contributed by atoms with Gasteiger partial charge in [-0.3, -0.25) is 14.6 Å². The van der Waals surface area contributed by atoms with E-state index in [1.54, 1.807) is 24.3 Å². The largest absolute Gasteiger partial charge is 0.452 e. The van der Waals surface area contributed by atoms with Crippen molar-refractivity contribution in [2.75, 3.05) is 11.9 Å². The summed E-state index contributed by atoms with van der Waals surface area (Å²) in [6.07, 6.45) is 2.58. The lowest BCUT2D eigenvalue weighted by molar-refractivity contribution is -0.119. The highest BCUT2D eigenvalue weighted by Crippen LogP contribution is 2.30. The van der Waals surface area contributed by atoms with Crippen molar-refractivity contribution in [3.05, 3.63) is 70.9 Å². The lowest BCUT2D eigenvalue weighted by Gasteiger charge is -2.12. The van der Waals surface area contributed by atoms with E-state index in [0.717, 1.165) is 41.4 Å². The van der Waals surface area contributed by atoms with E-state index in [9.17, 15) is 14.4 Å². The topological polar surface area (TPSA) is 85.4 Å². The van der Waals surface area contributed by atoms with E-state index >= 15 is 0 Å². The Labute approximate surface area is 167 Å². The Morgan fingerprint density at radius 1 is 1.03 bits per heavy atom. The van der Waals surface area contributed by atoms with Crippen molar-refractivity contribution in [1.29, 1.82) is 0 Å². The van der Waals surface area contributed by atoms with Crippen LogP contribution in [0.3, 0.4) is 0 Å². The van der Waals surface area contributed by atoms with Gasteiger partial charge in [-0.25, -0.2) is 4.79 Å². The second-order valence-electron chi connectivity index (χ2n) is 7.04. The van der Waals surface area contributed by atoms with E-state index < -0.39 is 18.5 Å². The molecule has 1 N–H and O–H groups in total. The maximum atomic E-state index is 12.8. The van der Waals surface area contributed by atoms with Crippen molar-refractivity contribution in [2.24, 2.45) is 0 Å². The van der Waals surface area contributed by atoms with Crippen LogP contribution in [0.15, 0.2) is 48.5 Å².